The van der Waals surface area contributed by atoms with E-state index in [9.17, 15) is 9.59 Å². The van der Waals surface area contributed by atoms with E-state index in [1.807, 2.05) is 30.3 Å². The first-order chi connectivity index (χ1) is 13.6. The van der Waals surface area contributed by atoms with Crippen LogP contribution in [0.2, 0.25) is 5.02 Å². The second-order valence-corrected chi connectivity index (χ2v) is 8.45. The largest absolute Gasteiger partial charge is 0.355 e. The lowest BCUT2D eigenvalue weighted by Crippen LogP contribution is -2.31. The lowest BCUT2D eigenvalue weighted by Gasteiger charge is -2.21. The van der Waals surface area contributed by atoms with E-state index in [4.69, 9.17) is 11.6 Å². The first-order valence-corrected chi connectivity index (χ1v) is 11.0. The number of halogens is 1. The number of hydrogen-bond acceptors (Lipinski definition) is 3. The van der Waals surface area contributed by atoms with E-state index >= 15 is 0 Å². The number of carbonyl (C=O) groups excluding carboxylic acids is 2. The number of carbonyl (C=O) groups is 2. The number of nitrogens with one attached hydrogen (secondary N) is 2. The normalized spacial score (nSPS) is 14.5. The fraction of sp³-hybridized carbons (Fsp3) is 0.364. The van der Waals surface area contributed by atoms with E-state index in [-0.39, 0.29) is 11.8 Å². The van der Waals surface area contributed by atoms with Crippen molar-refractivity contribution in [3.63, 3.8) is 0 Å². The predicted octanol–water partition coefficient (Wildman–Crippen LogP) is 5.38. The van der Waals surface area contributed by atoms with Crippen LogP contribution in [0.3, 0.4) is 0 Å². The summed E-state index contributed by atoms with van der Waals surface area (Å²) in [5.74, 6) is 0.676. The molecule has 2 amide bonds. The van der Waals surface area contributed by atoms with Gasteiger partial charge < -0.3 is 10.6 Å². The van der Waals surface area contributed by atoms with Crippen LogP contribution in [0.4, 0.5) is 5.69 Å². The number of para-hydroxylation sites is 1. The van der Waals surface area contributed by atoms with Gasteiger partial charge in [0.2, 0.25) is 5.91 Å². The molecule has 4 nitrogen and oxygen atoms in total. The number of benzene rings is 2. The van der Waals surface area contributed by atoms with E-state index in [1.54, 1.807) is 18.2 Å². The van der Waals surface area contributed by atoms with Crippen LogP contribution in [-0.2, 0) is 4.79 Å². The smallest absolute Gasteiger partial charge is 0.256 e. The van der Waals surface area contributed by atoms with Crippen LogP contribution in [0.15, 0.2) is 53.4 Å². The van der Waals surface area contributed by atoms with Crippen molar-refractivity contribution in [2.75, 3.05) is 17.6 Å². The third-order valence-corrected chi connectivity index (χ3v) is 6.33. The maximum absolute atomic E-state index is 12.7. The van der Waals surface area contributed by atoms with Crippen LogP contribution in [-0.4, -0.2) is 24.1 Å². The third-order valence-electron chi connectivity index (χ3n) is 4.93. The number of amides is 2. The molecule has 1 saturated carbocycles. The molecule has 0 heterocycles. The van der Waals surface area contributed by atoms with Gasteiger partial charge in [-0.15, -0.1) is 11.8 Å². The molecule has 1 aliphatic rings. The summed E-state index contributed by atoms with van der Waals surface area (Å²) < 4.78 is 0. The highest BCUT2D eigenvalue weighted by Crippen LogP contribution is 2.26. The molecule has 2 aromatic rings. The van der Waals surface area contributed by atoms with Gasteiger partial charge in [0.25, 0.3) is 5.91 Å². The summed E-state index contributed by atoms with van der Waals surface area (Å²) in [7, 11) is 0. The van der Waals surface area contributed by atoms with E-state index in [2.05, 4.69) is 10.6 Å². The first-order valence-electron chi connectivity index (χ1n) is 9.68. The summed E-state index contributed by atoms with van der Waals surface area (Å²) in [5.41, 5.74) is 1.10. The molecule has 6 heteroatoms. The Balaban J connectivity index is 1.55. The molecule has 2 aromatic carbocycles. The van der Waals surface area contributed by atoms with Crippen LogP contribution >= 0.6 is 23.4 Å². The zero-order chi connectivity index (χ0) is 19.8. The summed E-state index contributed by atoms with van der Waals surface area (Å²) in [4.78, 5) is 25.7. The molecule has 2 N–H and O–H groups in total. The maximum atomic E-state index is 12.7. The minimum absolute atomic E-state index is 0.0110. The highest BCUT2D eigenvalue weighted by Gasteiger charge is 2.16. The van der Waals surface area contributed by atoms with Gasteiger partial charge in [-0.3, -0.25) is 9.59 Å². The Morgan fingerprint density at radius 2 is 1.71 bits per heavy atom. The molecule has 148 valence electrons. The van der Waals surface area contributed by atoms with Gasteiger partial charge in [0.15, 0.2) is 0 Å². The zero-order valence-electron chi connectivity index (χ0n) is 15.7. The zero-order valence-corrected chi connectivity index (χ0v) is 17.3. The van der Waals surface area contributed by atoms with Crippen LogP contribution in [0.5, 0.6) is 0 Å². The highest BCUT2D eigenvalue weighted by molar-refractivity contribution is 8.00. The molecule has 0 spiro atoms. The summed E-state index contributed by atoms with van der Waals surface area (Å²) in [6.07, 6.45) is 6.26. The molecular weight excluding hydrogens is 392 g/mol. The summed E-state index contributed by atoms with van der Waals surface area (Å²) in [6.45, 7) is 0.758. The third kappa shape index (κ3) is 6.01. The Hall–Kier alpha value is -1.98. The van der Waals surface area contributed by atoms with E-state index in [0.29, 0.717) is 27.9 Å². The van der Waals surface area contributed by atoms with Gasteiger partial charge in [-0.1, -0.05) is 55.1 Å². The van der Waals surface area contributed by atoms with Gasteiger partial charge in [0.1, 0.15) is 0 Å². The molecule has 0 atom stereocenters. The standard InChI is InChI=1S/C22H25ClN2O2S/c23-18-11-5-6-12-19(18)25-22(27)17-10-4-7-13-20(17)28-15-21(26)24-14-16-8-2-1-3-9-16/h4-7,10-13,16H,1-3,8-9,14-15H2,(H,24,26)(H,25,27). The molecule has 0 aromatic heterocycles. The first kappa shape index (κ1) is 20.7. The molecule has 0 unspecified atom stereocenters. The Morgan fingerprint density at radius 3 is 2.50 bits per heavy atom. The Kier molecular flexibility index (Phi) is 7.80. The SMILES string of the molecule is O=C(CSc1ccccc1C(=O)Nc1ccccc1Cl)NCC1CCCCC1. The quantitative estimate of drug-likeness (QED) is 0.595. The fourth-order valence-electron chi connectivity index (χ4n) is 3.38. The molecule has 0 aliphatic heterocycles. The number of hydrogen-bond donors (Lipinski definition) is 2. The van der Waals surface area contributed by atoms with Crippen molar-refractivity contribution >= 4 is 40.9 Å². The van der Waals surface area contributed by atoms with E-state index in [1.165, 1.54) is 43.9 Å². The minimum atomic E-state index is -0.237. The number of thioether (sulfide) groups is 1. The Labute approximate surface area is 175 Å². The van der Waals surface area contributed by atoms with E-state index < -0.39 is 0 Å². The van der Waals surface area contributed by atoms with Crippen LogP contribution in [0.25, 0.3) is 0 Å². The fourth-order valence-corrected chi connectivity index (χ4v) is 4.44. The van der Waals surface area contributed by atoms with Gasteiger partial charge in [-0.25, -0.2) is 0 Å². The molecule has 3 rings (SSSR count). The van der Waals surface area contributed by atoms with Gasteiger partial charge in [0, 0.05) is 11.4 Å². The summed E-state index contributed by atoms with van der Waals surface area (Å²) in [6, 6.07) is 14.4. The van der Waals surface area contributed by atoms with Gasteiger partial charge in [0.05, 0.1) is 22.0 Å². The molecular formula is C22H25ClN2O2S. The highest BCUT2D eigenvalue weighted by atomic mass is 35.5. The maximum Gasteiger partial charge on any atom is 0.256 e. The number of rotatable bonds is 7. The van der Waals surface area contributed by atoms with Crippen molar-refractivity contribution in [1.82, 2.24) is 5.32 Å². The van der Waals surface area contributed by atoms with Crippen molar-refractivity contribution in [2.24, 2.45) is 5.92 Å². The van der Waals surface area contributed by atoms with Crippen molar-refractivity contribution in [2.45, 2.75) is 37.0 Å². The van der Waals surface area contributed by atoms with Crippen LogP contribution in [0, 0.1) is 5.92 Å². The lowest BCUT2D eigenvalue weighted by molar-refractivity contribution is -0.118. The monoisotopic (exact) mass is 416 g/mol. The molecule has 28 heavy (non-hydrogen) atoms. The molecule has 0 bridgehead atoms. The van der Waals surface area contributed by atoms with Crippen molar-refractivity contribution in [3.05, 3.63) is 59.1 Å². The minimum Gasteiger partial charge on any atom is -0.355 e. The predicted molar refractivity (Wildman–Crippen MR) is 116 cm³/mol. The van der Waals surface area contributed by atoms with Crippen molar-refractivity contribution in [3.8, 4) is 0 Å². The topological polar surface area (TPSA) is 58.2 Å². The second kappa shape index (κ2) is 10.5. The van der Waals surface area contributed by atoms with Crippen LogP contribution in [0.1, 0.15) is 42.5 Å². The average molecular weight is 417 g/mol. The summed E-state index contributed by atoms with van der Waals surface area (Å²) in [5, 5.41) is 6.37. The average Bonchev–Trinajstić information content (AvgIpc) is 2.73. The molecule has 1 fully saturated rings. The van der Waals surface area contributed by atoms with E-state index in [0.717, 1.165) is 11.4 Å². The van der Waals surface area contributed by atoms with Crippen LogP contribution < -0.4 is 10.6 Å². The molecule has 0 radical (unpaired) electrons. The van der Waals surface area contributed by atoms with Gasteiger partial charge in [-0.05, 0) is 43.0 Å². The Bertz CT molecular complexity index is 822. The van der Waals surface area contributed by atoms with Gasteiger partial charge in [-0.2, -0.15) is 0 Å². The van der Waals surface area contributed by atoms with Crippen molar-refractivity contribution < 1.29 is 9.59 Å². The lowest BCUT2D eigenvalue weighted by atomic mass is 9.89. The second-order valence-electron chi connectivity index (χ2n) is 7.03. The molecule has 0 saturated heterocycles. The van der Waals surface area contributed by atoms with Crippen molar-refractivity contribution in [1.29, 1.82) is 0 Å². The number of anilines is 1. The Morgan fingerprint density at radius 1 is 1.00 bits per heavy atom. The summed E-state index contributed by atoms with van der Waals surface area (Å²) >= 11 is 7.50. The molecule has 1 aliphatic carbocycles. The van der Waals surface area contributed by atoms with Gasteiger partial charge >= 0.3 is 0 Å².